The fraction of sp³-hybridized carbons (Fsp3) is 1.00. The van der Waals surface area contributed by atoms with E-state index in [1.807, 2.05) is 20.8 Å². The van der Waals surface area contributed by atoms with Gasteiger partial charge in [0.05, 0.1) is 13.2 Å². The van der Waals surface area contributed by atoms with Crippen LogP contribution in [0.5, 0.6) is 0 Å². The minimum Gasteiger partial charge on any atom is -0.379 e. The molecule has 0 atom stereocenters. The van der Waals surface area contributed by atoms with E-state index in [9.17, 15) is 0 Å². The zero-order valence-electron chi connectivity index (χ0n) is 11.3. The lowest BCUT2D eigenvalue weighted by molar-refractivity contribution is 0.103. The van der Waals surface area contributed by atoms with E-state index >= 15 is 0 Å². The largest absolute Gasteiger partial charge is 0.484 e. The molecule has 17 heavy (non-hydrogen) atoms. The first-order valence-electron chi connectivity index (χ1n) is 6.35. The van der Waals surface area contributed by atoms with Gasteiger partial charge in [0.15, 0.2) is 0 Å². The van der Waals surface area contributed by atoms with Gasteiger partial charge in [-0.1, -0.05) is 0 Å². The summed E-state index contributed by atoms with van der Waals surface area (Å²) in [6.45, 7) is 11.2. The van der Waals surface area contributed by atoms with Crippen LogP contribution in [-0.2, 0) is 22.8 Å². The molecule has 1 saturated heterocycles. The molecule has 104 valence electrons. The van der Waals surface area contributed by atoms with Gasteiger partial charge < -0.3 is 22.8 Å². The van der Waals surface area contributed by atoms with Gasteiger partial charge in [0.25, 0.3) is 0 Å². The van der Waals surface area contributed by atoms with E-state index in [4.69, 9.17) is 22.8 Å². The first-order valence-corrected chi connectivity index (χ1v) is 7.76. The molecule has 0 N–H and O–H groups in total. The summed E-state index contributed by atoms with van der Waals surface area (Å²) in [5, 5.41) is 0. The van der Waals surface area contributed by atoms with E-state index in [2.05, 4.69) is 0 Å². The average molecular weight is 266 g/mol. The summed E-state index contributed by atoms with van der Waals surface area (Å²) < 4.78 is 25.8. The molecule has 0 saturated carbocycles. The Kier molecular flexibility index (Phi) is 14.1. The number of ether oxygens (including phenoxy) is 2. The van der Waals surface area contributed by atoms with E-state index in [1.54, 1.807) is 0 Å². The van der Waals surface area contributed by atoms with E-state index < -0.39 is 9.53 Å². The van der Waals surface area contributed by atoms with Crippen LogP contribution in [0.4, 0.5) is 0 Å². The molecule has 1 heterocycles. The predicted molar refractivity (Wildman–Crippen MR) is 68.3 cm³/mol. The van der Waals surface area contributed by atoms with Crippen molar-refractivity contribution < 1.29 is 22.8 Å². The van der Waals surface area contributed by atoms with Gasteiger partial charge in [0.2, 0.25) is 0 Å². The molecule has 0 unspecified atom stereocenters. The first kappa shape index (κ1) is 17.0. The Bertz CT molecular complexity index is 114. The second kappa shape index (κ2) is 14.1. The Morgan fingerprint density at radius 2 is 1.18 bits per heavy atom. The molecule has 1 fully saturated rings. The summed E-state index contributed by atoms with van der Waals surface area (Å²) >= 11 is 0. The van der Waals surface area contributed by atoms with Crippen molar-refractivity contribution in [2.45, 2.75) is 27.2 Å². The molecule has 0 amide bonds. The normalized spacial score (nSPS) is 16.2. The Morgan fingerprint density at radius 3 is 1.53 bits per heavy atom. The highest BCUT2D eigenvalue weighted by Gasteiger charge is 2.11. The van der Waals surface area contributed by atoms with E-state index in [-0.39, 0.29) is 0 Å². The van der Waals surface area contributed by atoms with Crippen molar-refractivity contribution in [2.75, 3.05) is 46.2 Å². The van der Waals surface area contributed by atoms with Crippen LogP contribution >= 0.6 is 0 Å². The second-order valence-electron chi connectivity index (χ2n) is 3.23. The zero-order chi connectivity index (χ0) is 12.8. The highest BCUT2D eigenvalue weighted by Crippen LogP contribution is 1.91. The van der Waals surface area contributed by atoms with Gasteiger partial charge in [-0.25, -0.2) is 0 Å². The van der Waals surface area contributed by atoms with E-state index in [1.165, 1.54) is 0 Å². The number of hydrogen-bond acceptors (Lipinski definition) is 5. The Balaban J connectivity index is 0.000000318. The molecule has 0 aromatic rings. The zero-order valence-corrected chi connectivity index (χ0v) is 12.4. The minimum absolute atomic E-state index is 0.677. The smallest absolute Gasteiger partial charge is 0.379 e. The maximum absolute atomic E-state index is 5.22. The molecule has 0 aromatic heterocycles. The number of hydrogen-bond donors (Lipinski definition) is 0. The van der Waals surface area contributed by atoms with E-state index in [0.29, 0.717) is 19.8 Å². The SMILES string of the molecule is C1COCCOC1.CCO[SiH](OCC)OCC. The quantitative estimate of drug-likeness (QED) is 0.677. The molecule has 1 rings (SSSR count). The van der Waals surface area contributed by atoms with Gasteiger partial charge in [-0.15, -0.1) is 0 Å². The van der Waals surface area contributed by atoms with Crippen LogP contribution in [0.25, 0.3) is 0 Å². The van der Waals surface area contributed by atoms with Crippen LogP contribution in [0.3, 0.4) is 0 Å². The molecule has 0 aliphatic carbocycles. The Labute approximate surface area is 106 Å². The highest BCUT2D eigenvalue weighted by molar-refractivity contribution is 6.36. The third-order valence-corrected chi connectivity index (χ3v) is 3.67. The van der Waals surface area contributed by atoms with Gasteiger partial charge in [-0.05, 0) is 27.2 Å². The minimum atomic E-state index is -1.73. The van der Waals surface area contributed by atoms with Crippen molar-refractivity contribution in [3.63, 3.8) is 0 Å². The summed E-state index contributed by atoms with van der Waals surface area (Å²) in [5.74, 6) is 0. The van der Waals surface area contributed by atoms with Crippen molar-refractivity contribution >= 4 is 9.53 Å². The van der Waals surface area contributed by atoms with Crippen LogP contribution in [0.2, 0.25) is 0 Å². The maximum Gasteiger partial charge on any atom is 0.484 e. The van der Waals surface area contributed by atoms with Gasteiger partial charge in [-0.2, -0.15) is 0 Å². The summed E-state index contributed by atoms with van der Waals surface area (Å²) in [4.78, 5) is 0. The van der Waals surface area contributed by atoms with Crippen LogP contribution in [0.1, 0.15) is 27.2 Å². The molecule has 0 bridgehead atoms. The van der Waals surface area contributed by atoms with Crippen molar-refractivity contribution in [2.24, 2.45) is 0 Å². The summed E-state index contributed by atoms with van der Waals surface area (Å²) in [6.07, 6.45) is 1.06. The van der Waals surface area contributed by atoms with Crippen molar-refractivity contribution in [3.8, 4) is 0 Å². The average Bonchev–Trinajstić information content (AvgIpc) is 2.63. The van der Waals surface area contributed by atoms with Gasteiger partial charge >= 0.3 is 9.53 Å². The Hall–Kier alpha value is 0.0169. The lowest BCUT2D eigenvalue weighted by Crippen LogP contribution is -2.27. The summed E-state index contributed by atoms with van der Waals surface area (Å²) in [7, 11) is -1.73. The molecule has 0 radical (unpaired) electrons. The standard InChI is InChI=1S/C6H16O3Si.C5H10O2/c1-4-7-10(8-5-2)9-6-3;1-2-6-4-5-7-3-1/h10H,4-6H2,1-3H3;1-5H2. The van der Waals surface area contributed by atoms with E-state index in [0.717, 1.165) is 32.8 Å². The summed E-state index contributed by atoms with van der Waals surface area (Å²) in [5.41, 5.74) is 0. The first-order chi connectivity index (χ1) is 8.35. The van der Waals surface area contributed by atoms with Gasteiger partial charge in [0, 0.05) is 33.0 Å². The number of rotatable bonds is 6. The molecule has 6 heteroatoms. The third kappa shape index (κ3) is 12.3. The van der Waals surface area contributed by atoms with Crippen LogP contribution in [-0.4, -0.2) is 55.8 Å². The molecule has 0 aromatic carbocycles. The molecule has 1 aliphatic heterocycles. The van der Waals surface area contributed by atoms with Crippen molar-refractivity contribution in [1.29, 1.82) is 0 Å². The van der Waals surface area contributed by atoms with Gasteiger partial charge in [-0.3, -0.25) is 0 Å². The lowest BCUT2D eigenvalue weighted by atomic mass is 10.5. The van der Waals surface area contributed by atoms with Crippen LogP contribution in [0, 0.1) is 0 Å². The molecule has 1 aliphatic rings. The second-order valence-corrected chi connectivity index (χ2v) is 4.81. The lowest BCUT2D eigenvalue weighted by Gasteiger charge is -2.12. The third-order valence-electron chi connectivity index (χ3n) is 1.86. The highest BCUT2D eigenvalue weighted by atomic mass is 28.3. The van der Waals surface area contributed by atoms with Crippen molar-refractivity contribution in [3.05, 3.63) is 0 Å². The van der Waals surface area contributed by atoms with Crippen LogP contribution in [0.15, 0.2) is 0 Å². The molecular weight excluding hydrogens is 240 g/mol. The fourth-order valence-corrected chi connectivity index (χ4v) is 2.24. The van der Waals surface area contributed by atoms with Gasteiger partial charge in [0.1, 0.15) is 0 Å². The topological polar surface area (TPSA) is 46.2 Å². The maximum atomic E-state index is 5.22. The van der Waals surface area contributed by atoms with Crippen molar-refractivity contribution in [1.82, 2.24) is 0 Å². The fourth-order valence-electron chi connectivity index (χ4n) is 1.14. The predicted octanol–water partition coefficient (Wildman–Crippen LogP) is 1.24. The monoisotopic (exact) mass is 266 g/mol. The molecule has 5 nitrogen and oxygen atoms in total. The summed E-state index contributed by atoms with van der Waals surface area (Å²) in [6, 6.07) is 0. The Morgan fingerprint density at radius 1 is 0.765 bits per heavy atom. The molecular formula is C11H26O5Si. The molecule has 0 spiro atoms. The van der Waals surface area contributed by atoms with Crippen LogP contribution < -0.4 is 0 Å².